The summed E-state index contributed by atoms with van der Waals surface area (Å²) < 4.78 is 0. The minimum Gasteiger partial charge on any atom is -0.327 e. The molecule has 0 bridgehead atoms. The van der Waals surface area contributed by atoms with Gasteiger partial charge in [0.15, 0.2) is 0 Å². The van der Waals surface area contributed by atoms with Gasteiger partial charge in [-0.3, -0.25) is 0 Å². The minimum absolute atomic E-state index is 0.126. The number of halogens is 1. The van der Waals surface area contributed by atoms with Crippen molar-refractivity contribution in [2.75, 3.05) is 0 Å². The Balaban J connectivity index is 2.77. The highest BCUT2D eigenvalue weighted by atomic mass is 35.5. The summed E-state index contributed by atoms with van der Waals surface area (Å²) in [6.45, 7) is 6.11. The fraction of sp³-hybridized carbons (Fsp3) is 0.364. The lowest BCUT2D eigenvalue weighted by atomic mass is 9.92. The molecule has 1 rings (SSSR count). The molecule has 2 unspecified atom stereocenters. The third-order valence-corrected chi connectivity index (χ3v) is 2.54. The molecule has 0 amide bonds. The Morgan fingerprint density at radius 1 is 1.38 bits per heavy atom. The zero-order valence-electron chi connectivity index (χ0n) is 7.83. The number of hydrogen-bond acceptors (Lipinski definition) is 1. The SMILES string of the molecule is [CH2]C(c1ccc(Cl)cc1)C(N)CC. The van der Waals surface area contributed by atoms with Crippen LogP contribution in [0.3, 0.4) is 0 Å². The fourth-order valence-electron chi connectivity index (χ4n) is 1.24. The molecule has 0 saturated heterocycles. The van der Waals surface area contributed by atoms with Crippen molar-refractivity contribution in [1.29, 1.82) is 0 Å². The second-order valence-electron chi connectivity index (χ2n) is 3.23. The van der Waals surface area contributed by atoms with Gasteiger partial charge in [-0.2, -0.15) is 0 Å². The van der Waals surface area contributed by atoms with Crippen LogP contribution in [0.15, 0.2) is 24.3 Å². The smallest absolute Gasteiger partial charge is 0.0406 e. The molecule has 2 N–H and O–H groups in total. The first kappa shape index (κ1) is 10.6. The van der Waals surface area contributed by atoms with Gasteiger partial charge in [0.25, 0.3) is 0 Å². The molecule has 13 heavy (non-hydrogen) atoms. The van der Waals surface area contributed by atoms with Crippen LogP contribution in [0.25, 0.3) is 0 Å². The topological polar surface area (TPSA) is 26.0 Å². The standard InChI is InChI=1S/C11H15ClN/c1-3-11(13)8(2)9-4-6-10(12)7-5-9/h4-8,11H,2-3,13H2,1H3. The Morgan fingerprint density at radius 2 is 1.92 bits per heavy atom. The molecule has 1 nitrogen and oxygen atoms in total. The Bertz CT molecular complexity index is 255. The highest BCUT2D eigenvalue weighted by Crippen LogP contribution is 2.20. The molecule has 1 aromatic rings. The van der Waals surface area contributed by atoms with E-state index in [1.807, 2.05) is 24.3 Å². The van der Waals surface area contributed by atoms with Crippen LogP contribution in [0.4, 0.5) is 0 Å². The Morgan fingerprint density at radius 3 is 2.38 bits per heavy atom. The molecule has 1 aromatic carbocycles. The summed E-state index contributed by atoms with van der Waals surface area (Å²) in [5.74, 6) is 0.155. The highest BCUT2D eigenvalue weighted by Gasteiger charge is 2.12. The molecule has 0 aromatic heterocycles. The maximum Gasteiger partial charge on any atom is 0.0406 e. The normalized spacial score (nSPS) is 15.4. The highest BCUT2D eigenvalue weighted by molar-refractivity contribution is 6.30. The van der Waals surface area contributed by atoms with E-state index >= 15 is 0 Å². The van der Waals surface area contributed by atoms with Crippen LogP contribution in [-0.4, -0.2) is 6.04 Å². The maximum atomic E-state index is 5.89. The van der Waals surface area contributed by atoms with Crippen molar-refractivity contribution < 1.29 is 0 Å². The van der Waals surface area contributed by atoms with Crippen LogP contribution in [0.1, 0.15) is 24.8 Å². The molecule has 0 fully saturated rings. The van der Waals surface area contributed by atoms with Gasteiger partial charge < -0.3 is 5.73 Å². The Hall–Kier alpha value is -0.530. The molecule has 1 radical (unpaired) electrons. The van der Waals surface area contributed by atoms with E-state index in [1.165, 1.54) is 0 Å². The molecular weight excluding hydrogens is 182 g/mol. The summed E-state index contributed by atoms with van der Waals surface area (Å²) in [6.07, 6.45) is 0.941. The average molecular weight is 197 g/mol. The molecule has 0 aliphatic carbocycles. The van der Waals surface area contributed by atoms with Crippen molar-refractivity contribution in [3.8, 4) is 0 Å². The van der Waals surface area contributed by atoms with Crippen molar-refractivity contribution in [1.82, 2.24) is 0 Å². The van der Waals surface area contributed by atoms with Gasteiger partial charge in [0.1, 0.15) is 0 Å². The lowest BCUT2D eigenvalue weighted by molar-refractivity contribution is 0.587. The van der Waals surface area contributed by atoms with Crippen LogP contribution in [0.2, 0.25) is 5.02 Å². The molecule has 71 valence electrons. The fourth-order valence-corrected chi connectivity index (χ4v) is 1.37. The van der Waals surface area contributed by atoms with E-state index in [0.29, 0.717) is 0 Å². The lowest BCUT2D eigenvalue weighted by Gasteiger charge is -2.18. The summed E-state index contributed by atoms with van der Waals surface area (Å²) in [4.78, 5) is 0. The number of hydrogen-bond donors (Lipinski definition) is 1. The summed E-state index contributed by atoms with van der Waals surface area (Å²) in [5, 5.41) is 0.751. The zero-order chi connectivity index (χ0) is 9.84. The van der Waals surface area contributed by atoms with Crippen LogP contribution in [-0.2, 0) is 0 Å². The summed E-state index contributed by atoms with van der Waals surface area (Å²) >= 11 is 5.78. The third-order valence-electron chi connectivity index (χ3n) is 2.29. The van der Waals surface area contributed by atoms with E-state index in [2.05, 4.69) is 13.8 Å². The first-order valence-corrected chi connectivity index (χ1v) is 4.87. The quantitative estimate of drug-likeness (QED) is 0.791. The molecule has 2 heteroatoms. The lowest BCUT2D eigenvalue weighted by Crippen LogP contribution is -2.25. The number of rotatable bonds is 3. The van der Waals surface area contributed by atoms with E-state index in [4.69, 9.17) is 17.3 Å². The summed E-state index contributed by atoms with van der Waals surface area (Å²) in [7, 11) is 0. The molecule has 0 aliphatic heterocycles. The third kappa shape index (κ3) is 2.71. The largest absolute Gasteiger partial charge is 0.327 e. The van der Waals surface area contributed by atoms with Crippen LogP contribution in [0, 0.1) is 6.92 Å². The molecular formula is C11H15ClN. The maximum absolute atomic E-state index is 5.89. The molecule has 0 spiro atoms. The van der Waals surface area contributed by atoms with E-state index in [9.17, 15) is 0 Å². The monoisotopic (exact) mass is 196 g/mol. The van der Waals surface area contributed by atoms with Crippen molar-refractivity contribution in [2.24, 2.45) is 5.73 Å². The van der Waals surface area contributed by atoms with Crippen LogP contribution < -0.4 is 5.73 Å². The van der Waals surface area contributed by atoms with Crippen molar-refractivity contribution in [2.45, 2.75) is 25.3 Å². The Labute approximate surface area is 84.9 Å². The van der Waals surface area contributed by atoms with Gasteiger partial charge >= 0.3 is 0 Å². The first-order valence-electron chi connectivity index (χ1n) is 4.49. The van der Waals surface area contributed by atoms with Gasteiger partial charge in [0.05, 0.1) is 0 Å². The van der Waals surface area contributed by atoms with Gasteiger partial charge in [-0.15, -0.1) is 0 Å². The summed E-state index contributed by atoms with van der Waals surface area (Å²) in [6, 6.07) is 7.83. The van der Waals surface area contributed by atoms with Crippen molar-refractivity contribution in [3.63, 3.8) is 0 Å². The van der Waals surface area contributed by atoms with Crippen molar-refractivity contribution >= 4 is 11.6 Å². The van der Waals surface area contributed by atoms with Gasteiger partial charge in [-0.1, -0.05) is 30.7 Å². The Kier molecular flexibility index (Phi) is 3.76. The molecule has 0 saturated carbocycles. The first-order chi connectivity index (χ1) is 6.15. The van der Waals surface area contributed by atoms with Crippen molar-refractivity contribution in [3.05, 3.63) is 41.8 Å². The van der Waals surface area contributed by atoms with E-state index in [1.54, 1.807) is 0 Å². The van der Waals surface area contributed by atoms with Gasteiger partial charge in [-0.25, -0.2) is 0 Å². The molecule has 0 heterocycles. The molecule has 2 atom stereocenters. The predicted molar refractivity (Wildman–Crippen MR) is 57.8 cm³/mol. The second kappa shape index (κ2) is 4.64. The average Bonchev–Trinajstić information content (AvgIpc) is 2.17. The number of nitrogens with two attached hydrogens (primary N) is 1. The van der Waals surface area contributed by atoms with Gasteiger partial charge in [-0.05, 0) is 37.0 Å². The van der Waals surface area contributed by atoms with Crippen LogP contribution >= 0.6 is 11.6 Å². The minimum atomic E-state index is 0.126. The van der Waals surface area contributed by atoms with E-state index in [0.717, 1.165) is 17.0 Å². The summed E-state index contributed by atoms with van der Waals surface area (Å²) in [5.41, 5.74) is 7.04. The second-order valence-corrected chi connectivity index (χ2v) is 3.67. The van der Waals surface area contributed by atoms with Gasteiger partial charge in [0, 0.05) is 11.1 Å². The molecule has 0 aliphatic rings. The van der Waals surface area contributed by atoms with E-state index in [-0.39, 0.29) is 12.0 Å². The zero-order valence-corrected chi connectivity index (χ0v) is 8.59. The number of benzene rings is 1. The van der Waals surface area contributed by atoms with Gasteiger partial charge in [0.2, 0.25) is 0 Å². The van der Waals surface area contributed by atoms with E-state index < -0.39 is 0 Å². The predicted octanol–water partition coefficient (Wildman–Crippen LogP) is 2.99. The van der Waals surface area contributed by atoms with Crippen LogP contribution in [0.5, 0.6) is 0 Å².